The molecule has 0 saturated heterocycles. The molecule has 0 fully saturated rings. The van der Waals surface area contributed by atoms with Crippen LogP contribution >= 0.6 is 0 Å². The van der Waals surface area contributed by atoms with E-state index < -0.39 is 5.97 Å². The fourth-order valence-electron chi connectivity index (χ4n) is 1.90. The Morgan fingerprint density at radius 3 is 2.48 bits per heavy atom. The van der Waals surface area contributed by atoms with Crippen molar-refractivity contribution in [3.8, 4) is 5.75 Å². The number of methoxy groups -OCH3 is 3. The van der Waals surface area contributed by atoms with Crippen molar-refractivity contribution in [2.75, 3.05) is 21.3 Å². The van der Waals surface area contributed by atoms with Crippen molar-refractivity contribution >= 4 is 5.97 Å². The third-order valence-corrected chi connectivity index (χ3v) is 2.99. The Labute approximate surface area is 122 Å². The maximum absolute atomic E-state index is 11.6. The molecule has 0 saturated carbocycles. The summed E-state index contributed by atoms with van der Waals surface area (Å²) in [6.07, 6.45) is 0. The predicted molar refractivity (Wildman–Crippen MR) is 74.2 cm³/mol. The van der Waals surface area contributed by atoms with E-state index in [4.69, 9.17) is 14.2 Å². The molecule has 0 aliphatic carbocycles. The lowest BCUT2D eigenvalue weighted by Crippen LogP contribution is -2.11. The van der Waals surface area contributed by atoms with Crippen molar-refractivity contribution in [1.82, 2.24) is 15.0 Å². The normalized spacial score (nSPS) is 10.4. The standard InChI is InChI=1S/C14H17N3O4/c1-19-9-12-13(14(18)21-3)15-16-17(12)8-10-4-6-11(20-2)7-5-10/h4-7H,8-9H2,1-3H3. The quantitative estimate of drug-likeness (QED) is 0.746. The molecule has 21 heavy (non-hydrogen) atoms. The average molecular weight is 291 g/mol. The third kappa shape index (κ3) is 3.38. The molecule has 0 aliphatic heterocycles. The minimum absolute atomic E-state index is 0.174. The first kappa shape index (κ1) is 15.0. The van der Waals surface area contributed by atoms with Crippen LogP contribution in [0.1, 0.15) is 21.7 Å². The molecule has 0 bridgehead atoms. The fraction of sp³-hybridized carbons (Fsp3) is 0.357. The number of aromatic nitrogens is 3. The first-order chi connectivity index (χ1) is 10.2. The molecular weight excluding hydrogens is 274 g/mol. The van der Waals surface area contributed by atoms with Crippen LogP contribution in [-0.2, 0) is 22.6 Å². The van der Waals surface area contributed by atoms with Gasteiger partial charge >= 0.3 is 5.97 Å². The van der Waals surface area contributed by atoms with Gasteiger partial charge in [0, 0.05) is 7.11 Å². The van der Waals surface area contributed by atoms with Crippen LogP contribution in [0.3, 0.4) is 0 Å². The van der Waals surface area contributed by atoms with Gasteiger partial charge in [-0.05, 0) is 17.7 Å². The van der Waals surface area contributed by atoms with Gasteiger partial charge in [-0.1, -0.05) is 17.3 Å². The topological polar surface area (TPSA) is 75.5 Å². The van der Waals surface area contributed by atoms with E-state index in [1.807, 2.05) is 24.3 Å². The van der Waals surface area contributed by atoms with Crippen LogP contribution in [0.4, 0.5) is 0 Å². The van der Waals surface area contributed by atoms with Gasteiger partial charge < -0.3 is 14.2 Å². The highest BCUT2D eigenvalue weighted by Crippen LogP contribution is 2.14. The highest BCUT2D eigenvalue weighted by Gasteiger charge is 2.20. The number of rotatable bonds is 6. The molecule has 2 aromatic rings. The van der Waals surface area contributed by atoms with Crippen molar-refractivity contribution in [2.24, 2.45) is 0 Å². The van der Waals surface area contributed by atoms with Crippen molar-refractivity contribution in [3.05, 3.63) is 41.2 Å². The molecule has 1 heterocycles. The fourth-order valence-corrected chi connectivity index (χ4v) is 1.90. The molecule has 7 heteroatoms. The van der Waals surface area contributed by atoms with E-state index in [0.717, 1.165) is 11.3 Å². The largest absolute Gasteiger partial charge is 0.497 e. The molecule has 2 rings (SSSR count). The Hall–Kier alpha value is -2.41. The van der Waals surface area contributed by atoms with E-state index in [0.29, 0.717) is 12.2 Å². The molecule has 112 valence electrons. The van der Waals surface area contributed by atoms with Gasteiger partial charge in [-0.3, -0.25) is 0 Å². The molecule has 1 aromatic heterocycles. The zero-order valence-corrected chi connectivity index (χ0v) is 12.2. The first-order valence-electron chi connectivity index (χ1n) is 6.32. The van der Waals surface area contributed by atoms with Crippen LogP contribution in [0.2, 0.25) is 0 Å². The molecule has 0 amide bonds. The van der Waals surface area contributed by atoms with Crippen LogP contribution < -0.4 is 4.74 Å². The first-order valence-corrected chi connectivity index (χ1v) is 6.32. The lowest BCUT2D eigenvalue weighted by Gasteiger charge is -2.07. The second-order valence-electron chi connectivity index (χ2n) is 4.32. The smallest absolute Gasteiger partial charge is 0.360 e. The van der Waals surface area contributed by atoms with E-state index in [2.05, 4.69) is 10.3 Å². The van der Waals surface area contributed by atoms with Crippen molar-refractivity contribution in [1.29, 1.82) is 0 Å². The summed E-state index contributed by atoms with van der Waals surface area (Å²) in [5.41, 5.74) is 1.77. The number of esters is 1. The zero-order chi connectivity index (χ0) is 15.2. The van der Waals surface area contributed by atoms with Crippen LogP contribution in [-0.4, -0.2) is 42.3 Å². The van der Waals surface area contributed by atoms with Crippen molar-refractivity contribution < 1.29 is 19.0 Å². The van der Waals surface area contributed by atoms with Gasteiger partial charge in [0.25, 0.3) is 0 Å². The number of nitrogens with zero attached hydrogens (tertiary/aromatic N) is 3. The summed E-state index contributed by atoms with van der Waals surface area (Å²) in [6, 6.07) is 7.58. The van der Waals surface area contributed by atoms with E-state index in [1.54, 1.807) is 18.9 Å². The maximum atomic E-state index is 11.6. The van der Waals surface area contributed by atoms with Gasteiger partial charge in [0.2, 0.25) is 0 Å². The van der Waals surface area contributed by atoms with Crippen LogP contribution in [0.25, 0.3) is 0 Å². The SMILES string of the molecule is COCc1c(C(=O)OC)nnn1Cc1ccc(OC)cc1. The van der Waals surface area contributed by atoms with Gasteiger partial charge in [0.15, 0.2) is 5.69 Å². The minimum atomic E-state index is -0.525. The summed E-state index contributed by atoms with van der Waals surface area (Å²) >= 11 is 0. The van der Waals surface area contributed by atoms with E-state index in [9.17, 15) is 4.79 Å². The van der Waals surface area contributed by atoms with Gasteiger partial charge in [-0.25, -0.2) is 9.48 Å². The van der Waals surface area contributed by atoms with Crippen molar-refractivity contribution in [2.45, 2.75) is 13.2 Å². The predicted octanol–water partition coefficient (Wildman–Crippen LogP) is 1.27. The number of carbonyl (C=O) groups is 1. The maximum Gasteiger partial charge on any atom is 0.360 e. The Kier molecular flexibility index (Phi) is 4.89. The number of carbonyl (C=O) groups excluding carboxylic acids is 1. The van der Waals surface area contributed by atoms with Crippen LogP contribution in [0.5, 0.6) is 5.75 Å². The van der Waals surface area contributed by atoms with Crippen molar-refractivity contribution in [3.63, 3.8) is 0 Å². The molecule has 0 atom stereocenters. The summed E-state index contributed by atoms with van der Waals surface area (Å²) in [6.45, 7) is 0.709. The second kappa shape index (κ2) is 6.85. The van der Waals surface area contributed by atoms with Gasteiger partial charge in [-0.15, -0.1) is 5.10 Å². The highest BCUT2D eigenvalue weighted by molar-refractivity contribution is 5.88. The second-order valence-corrected chi connectivity index (χ2v) is 4.32. The van der Waals surface area contributed by atoms with E-state index >= 15 is 0 Å². The summed E-state index contributed by atoms with van der Waals surface area (Å²) < 4.78 is 16.5. The average Bonchev–Trinajstić information content (AvgIpc) is 2.90. The zero-order valence-electron chi connectivity index (χ0n) is 12.2. The summed E-state index contributed by atoms with van der Waals surface area (Å²) in [4.78, 5) is 11.6. The lowest BCUT2D eigenvalue weighted by molar-refractivity contribution is 0.0588. The summed E-state index contributed by atoms with van der Waals surface area (Å²) in [5.74, 6) is 0.257. The molecule has 0 radical (unpaired) electrons. The summed E-state index contributed by atoms with van der Waals surface area (Å²) in [7, 11) is 4.47. The third-order valence-electron chi connectivity index (χ3n) is 2.99. The molecule has 1 aromatic carbocycles. The Balaban J connectivity index is 2.25. The molecule has 0 unspecified atom stereocenters. The number of benzene rings is 1. The number of hydrogen-bond donors (Lipinski definition) is 0. The monoisotopic (exact) mass is 291 g/mol. The Morgan fingerprint density at radius 1 is 1.19 bits per heavy atom. The molecule has 0 aliphatic rings. The Bertz CT molecular complexity index is 607. The van der Waals surface area contributed by atoms with Gasteiger partial charge in [0.05, 0.1) is 33.1 Å². The van der Waals surface area contributed by atoms with Crippen LogP contribution in [0, 0.1) is 0 Å². The minimum Gasteiger partial charge on any atom is -0.497 e. The van der Waals surface area contributed by atoms with Gasteiger partial charge in [0.1, 0.15) is 5.75 Å². The number of hydrogen-bond acceptors (Lipinski definition) is 6. The highest BCUT2D eigenvalue weighted by atomic mass is 16.5. The molecule has 7 nitrogen and oxygen atoms in total. The van der Waals surface area contributed by atoms with E-state index in [-0.39, 0.29) is 12.3 Å². The van der Waals surface area contributed by atoms with E-state index in [1.165, 1.54) is 7.11 Å². The number of ether oxygens (including phenoxy) is 3. The van der Waals surface area contributed by atoms with Gasteiger partial charge in [-0.2, -0.15) is 0 Å². The molecule has 0 N–H and O–H groups in total. The molecular formula is C14H17N3O4. The Morgan fingerprint density at radius 2 is 1.90 bits per heavy atom. The van der Waals surface area contributed by atoms with Crippen LogP contribution in [0.15, 0.2) is 24.3 Å². The summed E-state index contributed by atoms with van der Waals surface area (Å²) in [5, 5.41) is 7.87. The lowest BCUT2D eigenvalue weighted by atomic mass is 10.2. The molecule has 0 spiro atoms.